The van der Waals surface area contributed by atoms with E-state index < -0.39 is 0 Å². The van der Waals surface area contributed by atoms with Crippen LogP contribution >= 0.6 is 0 Å². The van der Waals surface area contributed by atoms with Gasteiger partial charge in [0.2, 0.25) is 0 Å². The molecule has 0 radical (unpaired) electrons. The van der Waals surface area contributed by atoms with Gasteiger partial charge in [-0.15, -0.1) is 0 Å². The molecule has 3 rings (SSSR count). The fourth-order valence-corrected chi connectivity index (χ4v) is 2.71. The van der Waals surface area contributed by atoms with Gasteiger partial charge in [-0.05, 0) is 53.1 Å². The van der Waals surface area contributed by atoms with E-state index in [4.69, 9.17) is 14.2 Å². The molecule has 3 nitrogen and oxygen atoms in total. The second kappa shape index (κ2) is 7.09. The molecule has 0 unspecified atom stereocenters. The predicted octanol–water partition coefficient (Wildman–Crippen LogP) is 5.05. The molecule has 0 spiro atoms. The van der Waals surface area contributed by atoms with Crippen molar-refractivity contribution in [2.75, 3.05) is 21.3 Å². The van der Waals surface area contributed by atoms with Gasteiger partial charge in [0.15, 0.2) is 0 Å². The monoisotopic (exact) mass is 320 g/mol. The van der Waals surface area contributed by atoms with Crippen molar-refractivity contribution in [2.24, 2.45) is 0 Å². The molecule has 0 aliphatic carbocycles. The van der Waals surface area contributed by atoms with Crippen molar-refractivity contribution < 1.29 is 14.2 Å². The first kappa shape index (κ1) is 15.9. The maximum absolute atomic E-state index is 5.52. The summed E-state index contributed by atoms with van der Waals surface area (Å²) in [5.74, 6) is 2.38. The molecule has 3 heteroatoms. The van der Waals surface area contributed by atoms with Crippen LogP contribution in [0.15, 0.2) is 66.7 Å². The molecule has 0 aromatic heterocycles. The Kier molecular flexibility index (Phi) is 4.71. The van der Waals surface area contributed by atoms with Gasteiger partial charge in [-0.3, -0.25) is 0 Å². The molecule has 0 bridgehead atoms. The Labute approximate surface area is 142 Å². The van der Waals surface area contributed by atoms with Gasteiger partial charge in [-0.1, -0.05) is 30.3 Å². The topological polar surface area (TPSA) is 27.7 Å². The maximum Gasteiger partial charge on any atom is 0.126 e. The Bertz CT molecular complexity index is 826. The lowest BCUT2D eigenvalue weighted by atomic mass is 9.97. The molecule has 0 aliphatic heterocycles. The Morgan fingerprint density at radius 2 is 1.25 bits per heavy atom. The van der Waals surface area contributed by atoms with Gasteiger partial charge in [0.05, 0.1) is 21.3 Å². The smallest absolute Gasteiger partial charge is 0.126 e. The molecule has 0 heterocycles. The Morgan fingerprint density at radius 1 is 0.542 bits per heavy atom. The van der Waals surface area contributed by atoms with Gasteiger partial charge in [-0.2, -0.15) is 0 Å². The first-order chi connectivity index (χ1) is 11.7. The third kappa shape index (κ3) is 3.20. The third-order valence-electron chi connectivity index (χ3n) is 3.97. The van der Waals surface area contributed by atoms with E-state index in [1.807, 2.05) is 48.5 Å². The highest BCUT2D eigenvalue weighted by Gasteiger charge is 2.11. The van der Waals surface area contributed by atoms with Gasteiger partial charge in [0.1, 0.15) is 17.2 Å². The molecule has 3 aromatic rings. The molecular weight excluding hydrogens is 300 g/mol. The predicted molar refractivity (Wildman–Crippen MR) is 97.0 cm³/mol. The van der Waals surface area contributed by atoms with Crippen LogP contribution in [0, 0.1) is 0 Å². The zero-order valence-electron chi connectivity index (χ0n) is 14.1. The van der Waals surface area contributed by atoms with Crippen LogP contribution < -0.4 is 14.2 Å². The molecule has 0 atom stereocenters. The summed E-state index contributed by atoms with van der Waals surface area (Å²) >= 11 is 0. The van der Waals surface area contributed by atoms with Crippen LogP contribution in [0.4, 0.5) is 0 Å². The number of hydrogen-bond donors (Lipinski definition) is 0. The van der Waals surface area contributed by atoms with Crippen molar-refractivity contribution in [3.05, 3.63) is 66.7 Å². The average Bonchev–Trinajstić information content (AvgIpc) is 2.67. The largest absolute Gasteiger partial charge is 0.497 e. The average molecular weight is 320 g/mol. The fourth-order valence-electron chi connectivity index (χ4n) is 2.71. The highest BCUT2D eigenvalue weighted by molar-refractivity contribution is 5.79. The van der Waals surface area contributed by atoms with Gasteiger partial charge >= 0.3 is 0 Å². The van der Waals surface area contributed by atoms with Crippen LogP contribution in [0.5, 0.6) is 17.2 Å². The highest BCUT2D eigenvalue weighted by Crippen LogP contribution is 2.37. The van der Waals surface area contributed by atoms with E-state index in [0.29, 0.717) is 0 Å². The second-order valence-corrected chi connectivity index (χ2v) is 5.38. The van der Waals surface area contributed by atoms with E-state index in [1.165, 1.54) is 0 Å². The third-order valence-corrected chi connectivity index (χ3v) is 3.97. The van der Waals surface area contributed by atoms with Crippen LogP contribution in [-0.2, 0) is 0 Å². The normalized spacial score (nSPS) is 10.3. The van der Waals surface area contributed by atoms with Gasteiger partial charge in [-0.25, -0.2) is 0 Å². The lowest BCUT2D eigenvalue weighted by molar-refractivity contribution is 0.404. The van der Waals surface area contributed by atoms with Gasteiger partial charge in [0.25, 0.3) is 0 Å². The molecular formula is C21H20O3. The van der Waals surface area contributed by atoms with E-state index in [9.17, 15) is 0 Å². The minimum absolute atomic E-state index is 0.787. The fraction of sp³-hybridized carbons (Fsp3) is 0.143. The summed E-state index contributed by atoms with van der Waals surface area (Å²) in [4.78, 5) is 0. The highest BCUT2D eigenvalue weighted by atomic mass is 16.5. The number of rotatable bonds is 5. The quantitative estimate of drug-likeness (QED) is 0.658. The Hall–Kier alpha value is -2.94. The summed E-state index contributed by atoms with van der Waals surface area (Å²) in [5, 5.41) is 0. The minimum atomic E-state index is 0.787. The SMILES string of the molecule is COc1cc(-c2ccccc2)cc(-c2cc(OC)ccc2OC)c1. The zero-order valence-corrected chi connectivity index (χ0v) is 14.1. The van der Waals surface area contributed by atoms with E-state index in [1.54, 1.807) is 21.3 Å². The van der Waals surface area contributed by atoms with Crippen molar-refractivity contribution in [1.29, 1.82) is 0 Å². The zero-order chi connectivity index (χ0) is 16.9. The summed E-state index contributed by atoms with van der Waals surface area (Å²) < 4.78 is 16.4. The van der Waals surface area contributed by atoms with Gasteiger partial charge in [0, 0.05) is 5.56 Å². The Balaban J connectivity index is 2.18. The lowest BCUT2D eigenvalue weighted by Crippen LogP contribution is -1.92. The molecule has 0 N–H and O–H groups in total. The second-order valence-electron chi connectivity index (χ2n) is 5.38. The summed E-state index contributed by atoms with van der Waals surface area (Å²) in [6.07, 6.45) is 0. The minimum Gasteiger partial charge on any atom is -0.497 e. The first-order valence-corrected chi connectivity index (χ1v) is 7.72. The summed E-state index contributed by atoms with van der Waals surface area (Å²) in [6.45, 7) is 0. The van der Waals surface area contributed by atoms with E-state index >= 15 is 0 Å². The number of hydrogen-bond acceptors (Lipinski definition) is 3. The van der Waals surface area contributed by atoms with Crippen LogP contribution in [0.3, 0.4) is 0 Å². The molecule has 122 valence electrons. The van der Waals surface area contributed by atoms with Crippen LogP contribution in [0.25, 0.3) is 22.3 Å². The van der Waals surface area contributed by atoms with Crippen molar-refractivity contribution in [2.45, 2.75) is 0 Å². The molecule has 24 heavy (non-hydrogen) atoms. The van der Waals surface area contributed by atoms with Crippen molar-refractivity contribution in [1.82, 2.24) is 0 Å². The molecule has 0 saturated heterocycles. The first-order valence-electron chi connectivity index (χ1n) is 7.72. The van der Waals surface area contributed by atoms with Crippen molar-refractivity contribution >= 4 is 0 Å². The lowest BCUT2D eigenvalue weighted by Gasteiger charge is -2.14. The van der Waals surface area contributed by atoms with E-state index in [-0.39, 0.29) is 0 Å². The van der Waals surface area contributed by atoms with Crippen molar-refractivity contribution in [3.8, 4) is 39.5 Å². The summed E-state index contributed by atoms with van der Waals surface area (Å²) in [6, 6.07) is 22.2. The molecule has 0 saturated carbocycles. The molecule has 0 amide bonds. The Morgan fingerprint density at radius 3 is 1.92 bits per heavy atom. The molecule has 3 aromatic carbocycles. The standard InChI is InChI=1S/C21H20O3/c1-22-18-9-10-21(24-3)20(14-18)17-11-16(12-19(13-17)23-2)15-7-5-4-6-8-15/h4-14H,1-3H3. The number of methoxy groups -OCH3 is 3. The molecule has 0 aliphatic rings. The number of ether oxygens (including phenoxy) is 3. The van der Waals surface area contributed by atoms with E-state index in [0.717, 1.165) is 39.5 Å². The maximum atomic E-state index is 5.52. The van der Waals surface area contributed by atoms with Crippen LogP contribution in [0.2, 0.25) is 0 Å². The van der Waals surface area contributed by atoms with E-state index in [2.05, 4.69) is 18.2 Å². The van der Waals surface area contributed by atoms with Gasteiger partial charge < -0.3 is 14.2 Å². The molecule has 0 fully saturated rings. The number of benzene rings is 3. The summed E-state index contributed by atoms with van der Waals surface area (Å²) in [5.41, 5.74) is 4.21. The van der Waals surface area contributed by atoms with Crippen LogP contribution in [-0.4, -0.2) is 21.3 Å². The van der Waals surface area contributed by atoms with Crippen molar-refractivity contribution in [3.63, 3.8) is 0 Å². The summed E-state index contributed by atoms with van der Waals surface area (Å²) in [7, 11) is 5.01. The van der Waals surface area contributed by atoms with Crippen LogP contribution in [0.1, 0.15) is 0 Å².